The molecular formula is C14H12Cl2FIN2. The fraction of sp³-hybridized carbons (Fsp3) is 0.143. The molecule has 20 heavy (non-hydrogen) atoms. The Bertz CT molecular complexity index is 622. The molecule has 0 aliphatic rings. The summed E-state index contributed by atoms with van der Waals surface area (Å²) in [6.45, 7) is 0. The quantitative estimate of drug-likeness (QED) is 0.431. The zero-order chi connectivity index (χ0) is 14.7. The van der Waals surface area contributed by atoms with E-state index in [9.17, 15) is 4.39 Å². The van der Waals surface area contributed by atoms with Crippen molar-refractivity contribution < 1.29 is 4.39 Å². The van der Waals surface area contributed by atoms with Crippen LogP contribution in [0.5, 0.6) is 0 Å². The van der Waals surface area contributed by atoms with Gasteiger partial charge in [0.2, 0.25) is 0 Å². The lowest BCUT2D eigenvalue weighted by Gasteiger charge is -2.19. The Morgan fingerprint density at radius 2 is 1.95 bits per heavy atom. The van der Waals surface area contributed by atoms with Gasteiger partial charge in [0.15, 0.2) is 0 Å². The number of halogens is 4. The van der Waals surface area contributed by atoms with Crippen molar-refractivity contribution in [3.8, 4) is 0 Å². The van der Waals surface area contributed by atoms with Gasteiger partial charge in [-0.1, -0.05) is 35.3 Å². The summed E-state index contributed by atoms with van der Waals surface area (Å²) in [5.74, 6) is 5.36. The Morgan fingerprint density at radius 3 is 2.55 bits per heavy atom. The minimum atomic E-state index is -0.265. The molecule has 0 bridgehead atoms. The van der Waals surface area contributed by atoms with E-state index in [1.54, 1.807) is 18.2 Å². The number of hydrogen-bond acceptors (Lipinski definition) is 2. The van der Waals surface area contributed by atoms with Crippen LogP contribution in [0.4, 0.5) is 4.39 Å². The second kappa shape index (κ2) is 7.04. The number of hydrazine groups is 1. The SMILES string of the molecule is NNC(Cc1ccc(Cl)cc1Cl)c1ccc(F)cc1I. The van der Waals surface area contributed by atoms with Gasteiger partial charge < -0.3 is 0 Å². The maximum absolute atomic E-state index is 13.2. The first-order valence-electron chi connectivity index (χ1n) is 5.86. The molecule has 0 heterocycles. The molecule has 0 saturated heterocycles. The van der Waals surface area contributed by atoms with Gasteiger partial charge in [-0.3, -0.25) is 11.3 Å². The van der Waals surface area contributed by atoms with Gasteiger partial charge in [-0.25, -0.2) is 4.39 Å². The van der Waals surface area contributed by atoms with Crippen LogP contribution in [0, 0.1) is 9.39 Å². The summed E-state index contributed by atoms with van der Waals surface area (Å²) >= 11 is 14.1. The highest BCUT2D eigenvalue weighted by Crippen LogP contribution is 2.28. The number of nitrogens with one attached hydrogen (secondary N) is 1. The molecule has 6 heteroatoms. The summed E-state index contributed by atoms with van der Waals surface area (Å²) in [6.07, 6.45) is 0.591. The number of benzene rings is 2. The predicted molar refractivity (Wildman–Crippen MR) is 89.3 cm³/mol. The molecule has 1 unspecified atom stereocenters. The summed E-state index contributed by atoms with van der Waals surface area (Å²) in [6, 6.07) is 9.82. The molecule has 106 valence electrons. The van der Waals surface area contributed by atoms with E-state index in [2.05, 4.69) is 28.0 Å². The third kappa shape index (κ3) is 3.83. The average Bonchev–Trinajstić information content (AvgIpc) is 2.39. The Balaban J connectivity index is 2.28. The standard InChI is InChI=1S/C14H12Cl2FIN2/c15-9-2-1-8(12(16)6-9)5-14(20-19)11-4-3-10(17)7-13(11)18/h1-4,6-7,14,20H,5,19H2. The maximum Gasteiger partial charge on any atom is 0.124 e. The van der Waals surface area contributed by atoms with Crippen LogP contribution in [0.25, 0.3) is 0 Å². The molecule has 0 aliphatic heterocycles. The van der Waals surface area contributed by atoms with Crippen LogP contribution in [0.2, 0.25) is 10.0 Å². The number of rotatable bonds is 4. The largest absolute Gasteiger partial charge is 0.271 e. The van der Waals surface area contributed by atoms with E-state index in [1.807, 2.05) is 6.07 Å². The summed E-state index contributed by atoms with van der Waals surface area (Å²) in [7, 11) is 0. The molecule has 0 fully saturated rings. The summed E-state index contributed by atoms with van der Waals surface area (Å²) < 4.78 is 14.0. The zero-order valence-corrected chi connectivity index (χ0v) is 14.0. The first kappa shape index (κ1) is 16.0. The third-order valence-electron chi connectivity index (χ3n) is 2.98. The fourth-order valence-corrected chi connectivity index (χ4v) is 3.29. The van der Waals surface area contributed by atoms with Crippen molar-refractivity contribution in [1.82, 2.24) is 5.43 Å². The van der Waals surface area contributed by atoms with Crippen LogP contribution in [-0.4, -0.2) is 0 Å². The highest BCUT2D eigenvalue weighted by molar-refractivity contribution is 14.1. The van der Waals surface area contributed by atoms with E-state index in [0.29, 0.717) is 16.5 Å². The molecule has 0 saturated carbocycles. The van der Waals surface area contributed by atoms with Crippen molar-refractivity contribution in [2.24, 2.45) is 5.84 Å². The molecule has 3 N–H and O–H groups in total. The number of hydrogen-bond donors (Lipinski definition) is 2. The predicted octanol–water partition coefficient (Wildman–Crippen LogP) is 4.48. The first-order valence-corrected chi connectivity index (χ1v) is 7.69. The molecular weight excluding hydrogens is 413 g/mol. The first-order chi connectivity index (χ1) is 9.51. The van der Waals surface area contributed by atoms with E-state index >= 15 is 0 Å². The lowest BCUT2D eigenvalue weighted by atomic mass is 9.99. The Kier molecular flexibility index (Phi) is 5.63. The molecule has 2 nitrogen and oxygen atoms in total. The van der Waals surface area contributed by atoms with E-state index in [0.717, 1.165) is 14.7 Å². The van der Waals surface area contributed by atoms with Crippen LogP contribution < -0.4 is 11.3 Å². The smallest absolute Gasteiger partial charge is 0.124 e. The van der Waals surface area contributed by atoms with Gasteiger partial charge in [0.05, 0.1) is 6.04 Å². The highest BCUT2D eigenvalue weighted by Gasteiger charge is 2.16. The van der Waals surface area contributed by atoms with Gasteiger partial charge in [0.1, 0.15) is 5.82 Å². The van der Waals surface area contributed by atoms with Crippen molar-refractivity contribution in [3.05, 3.63) is 67.0 Å². The molecule has 0 radical (unpaired) electrons. The summed E-state index contributed by atoms with van der Waals surface area (Å²) in [5, 5.41) is 1.18. The van der Waals surface area contributed by atoms with Gasteiger partial charge in [-0.05, 0) is 64.4 Å². The normalized spacial score (nSPS) is 12.4. The van der Waals surface area contributed by atoms with Gasteiger partial charge in [-0.15, -0.1) is 0 Å². The van der Waals surface area contributed by atoms with E-state index in [-0.39, 0.29) is 11.9 Å². The number of nitrogens with two attached hydrogens (primary N) is 1. The fourth-order valence-electron chi connectivity index (χ4n) is 1.95. The summed E-state index contributed by atoms with van der Waals surface area (Å²) in [5.41, 5.74) is 4.61. The van der Waals surface area contributed by atoms with Crippen molar-refractivity contribution in [3.63, 3.8) is 0 Å². The van der Waals surface area contributed by atoms with E-state index in [4.69, 9.17) is 29.0 Å². The van der Waals surface area contributed by atoms with Crippen LogP contribution in [0.15, 0.2) is 36.4 Å². The minimum absolute atomic E-state index is 0.152. The molecule has 0 aromatic heterocycles. The molecule has 1 atom stereocenters. The molecule has 2 aromatic carbocycles. The van der Waals surface area contributed by atoms with Gasteiger partial charge in [0.25, 0.3) is 0 Å². The van der Waals surface area contributed by atoms with Crippen LogP contribution in [-0.2, 0) is 6.42 Å². The lowest BCUT2D eigenvalue weighted by Crippen LogP contribution is -2.30. The van der Waals surface area contributed by atoms with Crippen molar-refractivity contribution in [2.45, 2.75) is 12.5 Å². The van der Waals surface area contributed by atoms with E-state index < -0.39 is 0 Å². The Morgan fingerprint density at radius 1 is 1.20 bits per heavy atom. The second-order valence-electron chi connectivity index (χ2n) is 4.32. The van der Waals surface area contributed by atoms with Crippen LogP contribution in [0.1, 0.15) is 17.2 Å². The maximum atomic E-state index is 13.2. The van der Waals surface area contributed by atoms with Gasteiger partial charge in [0, 0.05) is 13.6 Å². The van der Waals surface area contributed by atoms with E-state index in [1.165, 1.54) is 12.1 Å². The topological polar surface area (TPSA) is 38.0 Å². The van der Waals surface area contributed by atoms with Crippen molar-refractivity contribution >= 4 is 45.8 Å². The van der Waals surface area contributed by atoms with Crippen LogP contribution >= 0.6 is 45.8 Å². The highest BCUT2D eigenvalue weighted by atomic mass is 127. The second-order valence-corrected chi connectivity index (χ2v) is 6.33. The monoisotopic (exact) mass is 424 g/mol. The average molecular weight is 425 g/mol. The molecule has 0 aliphatic carbocycles. The van der Waals surface area contributed by atoms with Gasteiger partial charge in [-0.2, -0.15) is 0 Å². The molecule has 2 rings (SSSR count). The molecule has 0 amide bonds. The summed E-state index contributed by atoms with van der Waals surface area (Å²) in [4.78, 5) is 0. The zero-order valence-electron chi connectivity index (χ0n) is 10.3. The lowest BCUT2D eigenvalue weighted by molar-refractivity contribution is 0.547. The molecule has 2 aromatic rings. The molecule has 0 spiro atoms. The Hall–Kier alpha value is -0.400. The third-order valence-corrected chi connectivity index (χ3v) is 4.50. The van der Waals surface area contributed by atoms with Crippen molar-refractivity contribution in [1.29, 1.82) is 0 Å². The van der Waals surface area contributed by atoms with Gasteiger partial charge >= 0.3 is 0 Å². The minimum Gasteiger partial charge on any atom is -0.271 e. The van der Waals surface area contributed by atoms with Crippen LogP contribution in [0.3, 0.4) is 0 Å². The Labute approximate surface area is 140 Å². The van der Waals surface area contributed by atoms with Crippen molar-refractivity contribution in [2.75, 3.05) is 0 Å².